The molecule has 1 aromatic carbocycles. The highest BCUT2D eigenvalue weighted by Crippen LogP contribution is 2.14. The Balaban J connectivity index is 2.09. The van der Waals surface area contributed by atoms with E-state index in [2.05, 4.69) is 54.3 Å². The Morgan fingerprint density at radius 3 is 2.79 bits per heavy atom. The summed E-state index contributed by atoms with van der Waals surface area (Å²) in [5.41, 5.74) is 4.12. The number of imidazole rings is 1. The van der Waals surface area contributed by atoms with E-state index >= 15 is 0 Å². The van der Waals surface area contributed by atoms with Gasteiger partial charge in [0.15, 0.2) is 0 Å². The Morgan fingerprint density at radius 1 is 1.26 bits per heavy atom. The van der Waals surface area contributed by atoms with Crippen molar-refractivity contribution in [1.29, 1.82) is 0 Å². The third-order valence-electron chi connectivity index (χ3n) is 3.46. The lowest BCUT2D eigenvalue weighted by Crippen LogP contribution is -2.33. The summed E-state index contributed by atoms with van der Waals surface area (Å²) in [7, 11) is 0. The highest BCUT2D eigenvalue weighted by molar-refractivity contribution is 5.31. The van der Waals surface area contributed by atoms with Gasteiger partial charge in [-0.25, -0.2) is 4.98 Å². The summed E-state index contributed by atoms with van der Waals surface area (Å²) in [6.07, 6.45) is 5.68. The molecule has 1 unspecified atom stereocenters. The van der Waals surface area contributed by atoms with Crippen molar-refractivity contribution in [1.82, 2.24) is 15.3 Å². The number of aromatic amines is 1. The number of nitrogens with zero attached hydrogens (tertiary/aromatic N) is 1. The first-order chi connectivity index (χ1) is 9.19. The molecule has 0 amide bonds. The number of hydrogen-bond acceptors (Lipinski definition) is 2. The quantitative estimate of drug-likeness (QED) is 0.835. The highest BCUT2D eigenvalue weighted by atomic mass is 14.9. The van der Waals surface area contributed by atoms with Crippen LogP contribution in [0.15, 0.2) is 30.6 Å². The molecule has 102 valence electrons. The first-order valence-electron chi connectivity index (χ1n) is 6.96. The summed E-state index contributed by atoms with van der Waals surface area (Å²) in [5, 5.41) is 3.56. The SMILES string of the molecule is CCNC(Cc1ncc[nH]1)Cc1cc(C)ccc1C. The number of aryl methyl sites for hydroxylation is 2. The number of benzene rings is 1. The predicted octanol–water partition coefficient (Wildman–Crippen LogP) is 2.79. The van der Waals surface area contributed by atoms with Crippen LogP contribution in [0.2, 0.25) is 0 Å². The number of aromatic nitrogens is 2. The summed E-state index contributed by atoms with van der Waals surface area (Å²) in [6.45, 7) is 7.47. The number of H-pyrrole nitrogens is 1. The number of hydrogen-bond donors (Lipinski definition) is 2. The lowest BCUT2D eigenvalue weighted by atomic mass is 9.97. The molecule has 1 atom stereocenters. The zero-order valence-electron chi connectivity index (χ0n) is 12.0. The van der Waals surface area contributed by atoms with Gasteiger partial charge in [0.05, 0.1) is 0 Å². The van der Waals surface area contributed by atoms with Gasteiger partial charge in [0.1, 0.15) is 5.82 Å². The summed E-state index contributed by atoms with van der Waals surface area (Å²) < 4.78 is 0. The van der Waals surface area contributed by atoms with Crippen molar-refractivity contribution in [2.45, 2.75) is 39.7 Å². The minimum absolute atomic E-state index is 0.427. The van der Waals surface area contributed by atoms with Crippen LogP contribution in [-0.2, 0) is 12.8 Å². The Kier molecular flexibility index (Phi) is 4.74. The Morgan fingerprint density at radius 2 is 2.11 bits per heavy atom. The van der Waals surface area contributed by atoms with Gasteiger partial charge in [0.25, 0.3) is 0 Å². The van der Waals surface area contributed by atoms with E-state index in [0.29, 0.717) is 6.04 Å². The number of likely N-dealkylation sites (N-methyl/N-ethyl adjacent to an activating group) is 1. The molecular weight excluding hydrogens is 234 g/mol. The molecule has 3 nitrogen and oxygen atoms in total. The van der Waals surface area contributed by atoms with Crippen molar-refractivity contribution in [2.24, 2.45) is 0 Å². The molecule has 2 rings (SSSR count). The van der Waals surface area contributed by atoms with Crippen molar-refractivity contribution < 1.29 is 0 Å². The zero-order valence-corrected chi connectivity index (χ0v) is 12.0. The second kappa shape index (κ2) is 6.53. The van der Waals surface area contributed by atoms with E-state index in [-0.39, 0.29) is 0 Å². The van der Waals surface area contributed by atoms with Crippen LogP contribution in [0.25, 0.3) is 0 Å². The third-order valence-corrected chi connectivity index (χ3v) is 3.46. The Bertz CT molecular complexity index is 503. The van der Waals surface area contributed by atoms with Gasteiger partial charge in [0, 0.05) is 24.9 Å². The molecule has 2 aromatic rings. The zero-order chi connectivity index (χ0) is 13.7. The average Bonchev–Trinajstić information content (AvgIpc) is 2.87. The van der Waals surface area contributed by atoms with Crippen LogP contribution in [0.4, 0.5) is 0 Å². The maximum atomic E-state index is 4.32. The summed E-state index contributed by atoms with van der Waals surface area (Å²) in [5.74, 6) is 1.05. The average molecular weight is 257 g/mol. The van der Waals surface area contributed by atoms with Gasteiger partial charge in [-0.15, -0.1) is 0 Å². The molecule has 0 aliphatic carbocycles. The van der Waals surface area contributed by atoms with Gasteiger partial charge >= 0.3 is 0 Å². The molecule has 0 spiro atoms. The second-order valence-electron chi connectivity index (χ2n) is 5.13. The van der Waals surface area contributed by atoms with E-state index in [9.17, 15) is 0 Å². The third kappa shape index (κ3) is 3.93. The van der Waals surface area contributed by atoms with Crippen LogP contribution in [0.5, 0.6) is 0 Å². The lowest BCUT2D eigenvalue weighted by Gasteiger charge is -2.18. The molecular formula is C16H23N3. The second-order valence-corrected chi connectivity index (χ2v) is 5.13. The van der Waals surface area contributed by atoms with Gasteiger partial charge in [-0.3, -0.25) is 0 Å². The molecule has 2 N–H and O–H groups in total. The first kappa shape index (κ1) is 13.8. The minimum atomic E-state index is 0.427. The van der Waals surface area contributed by atoms with Crippen LogP contribution in [-0.4, -0.2) is 22.6 Å². The molecule has 3 heteroatoms. The highest BCUT2D eigenvalue weighted by Gasteiger charge is 2.12. The standard InChI is InChI=1S/C16H23N3/c1-4-17-15(11-16-18-7-8-19-16)10-14-9-12(2)5-6-13(14)3/h5-9,15,17H,4,10-11H2,1-3H3,(H,18,19). The summed E-state index contributed by atoms with van der Waals surface area (Å²) in [6, 6.07) is 7.10. The fourth-order valence-corrected chi connectivity index (χ4v) is 2.43. The molecule has 0 radical (unpaired) electrons. The minimum Gasteiger partial charge on any atom is -0.349 e. The number of rotatable bonds is 6. The number of nitrogens with one attached hydrogen (secondary N) is 2. The molecule has 0 saturated heterocycles. The normalized spacial score (nSPS) is 12.6. The van der Waals surface area contributed by atoms with Crippen LogP contribution < -0.4 is 5.32 Å². The fourth-order valence-electron chi connectivity index (χ4n) is 2.43. The van der Waals surface area contributed by atoms with Crippen molar-refractivity contribution in [2.75, 3.05) is 6.54 Å². The van der Waals surface area contributed by atoms with Gasteiger partial charge in [0.2, 0.25) is 0 Å². The van der Waals surface area contributed by atoms with E-state index in [1.165, 1.54) is 16.7 Å². The maximum Gasteiger partial charge on any atom is 0.107 e. The molecule has 1 heterocycles. The molecule has 0 aliphatic heterocycles. The molecule has 19 heavy (non-hydrogen) atoms. The van der Waals surface area contributed by atoms with Crippen molar-refractivity contribution >= 4 is 0 Å². The van der Waals surface area contributed by atoms with Crippen LogP contribution >= 0.6 is 0 Å². The van der Waals surface area contributed by atoms with Crippen molar-refractivity contribution in [3.63, 3.8) is 0 Å². The molecule has 0 bridgehead atoms. The van der Waals surface area contributed by atoms with Gasteiger partial charge in [-0.05, 0) is 37.9 Å². The van der Waals surface area contributed by atoms with Crippen LogP contribution in [0.3, 0.4) is 0 Å². The van der Waals surface area contributed by atoms with Crippen molar-refractivity contribution in [3.8, 4) is 0 Å². The van der Waals surface area contributed by atoms with E-state index < -0.39 is 0 Å². The Labute approximate surface area is 115 Å². The molecule has 0 saturated carbocycles. The van der Waals surface area contributed by atoms with Gasteiger partial charge < -0.3 is 10.3 Å². The summed E-state index contributed by atoms with van der Waals surface area (Å²) in [4.78, 5) is 7.51. The smallest absolute Gasteiger partial charge is 0.107 e. The maximum absolute atomic E-state index is 4.32. The summed E-state index contributed by atoms with van der Waals surface area (Å²) >= 11 is 0. The largest absolute Gasteiger partial charge is 0.349 e. The van der Waals surface area contributed by atoms with E-state index in [1.807, 2.05) is 12.4 Å². The van der Waals surface area contributed by atoms with E-state index in [0.717, 1.165) is 25.2 Å². The van der Waals surface area contributed by atoms with E-state index in [1.54, 1.807) is 0 Å². The van der Waals surface area contributed by atoms with Gasteiger partial charge in [-0.1, -0.05) is 30.7 Å². The molecule has 0 aliphatic rings. The molecule has 0 fully saturated rings. The lowest BCUT2D eigenvalue weighted by molar-refractivity contribution is 0.511. The predicted molar refractivity (Wildman–Crippen MR) is 79.4 cm³/mol. The monoisotopic (exact) mass is 257 g/mol. The Hall–Kier alpha value is -1.61. The van der Waals surface area contributed by atoms with E-state index in [4.69, 9.17) is 0 Å². The van der Waals surface area contributed by atoms with Gasteiger partial charge in [-0.2, -0.15) is 0 Å². The molecule has 1 aromatic heterocycles. The van der Waals surface area contributed by atoms with Crippen LogP contribution in [0.1, 0.15) is 29.4 Å². The topological polar surface area (TPSA) is 40.7 Å². The first-order valence-corrected chi connectivity index (χ1v) is 6.96. The van der Waals surface area contributed by atoms with Crippen LogP contribution in [0, 0.1) is 13.8 Å². The van der Waals surface area contributed by atoms with Crippen molar-refractivity contribution in [3.05, 3.63) is 53.1 Å². The fraction of sp³-hybridized carbons (Fsp3) is 0.438.